The lowest BCUT2D eigenvalue weighted by atomic mass is 10.00. The second-order valence-corrected chi connectivity index (χ2v) is 4.45. The van der Waals surface area contributed by atoms with E-state index in [9.17, 15) is 31.1 Å². The second kappa shape index (κ2) is 5.58. The molecule has 1 amide bonds. The van der Waals surface area contributed by atoms with Crippen LogP contribution >= 0.6 is 0 Å². The summed E-state index contributed by atoms with van der Waals surface area (Å²) < 4.78 is 85.0. The van der Waals surface area contributed by atoms with E-state index < -0.39 is 42.9 Å². The number of carbonyl (C=O) groups is 1. The van der Waals surface area contributed by atoms with E-state index in [0.717, 1.165) is 24.3 Å². The first-order valence-corrected chi connectivity index (χ1v) is 5.88. The molecule has 0 unspecified atom stereocenters. The summed E-state index contributed by atoms with van der Waals surface area (Å²) >= 11 is 0. The fourth-order valence-electron chi connectivity index (χ4n) is 1.80. The third kappa shape index (κ3) is 3.37. The van der Waals surface area contributed by atoms with Gasteiger partial charge in [-0.1, -0.05) is 12.1 Å². The molecule has 2 rings (SSSR count). The molecule has 0 spiro atoms. The van der Waals surface area contributed by atoms with E-state index in [2.05, 4.69) is 9.47 Å². The van der Waals surface area contributed by atoms with E-state index in [-0.39, 0.29) is 5.56 Å². The monoisotopic (exact) mass is 329 g/mol. The summed E-state index contributed by atoms with van der Waals surface area (Å²) in [7, 11) is 0. The van der Waals surface area contributed by atoms with Gasteiger partial charge in [0.2, 0.25) is 0 Å². The molecule has 1 N–H and O–H groups in total. The summed E-state index contributed by atoms with van der Waals surface area (Å²) in [5, 5.41) is 1.83. The number of carbonyl (C=O) groups excluding carboxylic acids is 1. The summed E-state index contributed by atoms with van der Waals surface area (Å²) in [5.41, 5.74) is -0.288. The summed E-state index contributed by atoms with van der Waals surface area (Å²) in [6.45, 7) is -1.19. The van der Waals surface area contributed by atoms with Gasteiger partial charge in [-0.25, -0.2) is 13.6 Å². The molecule has 22 heavy (non-hydrogen) atoms. The number of hydrogen-bond acceptors (Lipinski definition) is 3. The van der Waals surface area contributed by atoms with Crippen molar-refractivity contribution in [3.63, 3.8) is 0 Å². The second-order valence-electron chi connectivity index (χ2n) is 4.45. The molecule has 1 aromatic carbocycles. The van der Waals surface area contributed by atoms with Crippen molar-refractivity contribution in [2.24, 2.45) is 0 Å². The van der Waals surface area contributed by atoms with Gasteiger partial charge in [0.25, 0.3) is 0 Å². The highest BCUT2D eigenvalue weighted by atomic mass is 19.3. The van der Waals surface area contributed by atoms with E-state index in [0.29, 0.717) is 0 Å². The standard InChI is InChI=1S/C12H9F6NO3/c13-9(14)12(17,18)22-7-3-1-2-6(4-7)8-11(15,16)5-21-10(20)19-8/h1-4,8-9H,5H2,(H,19,20)/t8-/m1/s1. The molecule has 0 radical (unpaired) electrons. The smallest absolute Gasteiger partial charge is 0.443 e. The highest BCUT2D eigenvalue weighted by molar-refractivity contribution is 5.69. The topological polar surface area (TPSA) is 47.6 Å². The molecule has 0 aliphatic carbocycles. The first-order valence-electron chi connectivity index (χ1n) is 5.88. The van der Waals surface area contributed by atoms with Crippen LogP contribution in [0.1, 0.15) is 11.6 Å². The van der Waals surface area contributed by atoms with Crippen LogP contribution in [0.15, 0.2) is 24.3 Å². The molecule has 0 bridgehead atoms. The molecule has 1 aromatic rings. The van der Waals surface area contributed by atoms with Crippen LogP contribution in [0.5, 0.6) is 5.75 Å². The Morgan fingerprint density at radius 3 is 2.68 bits per heavy atom. The Morgan fingerprint density at radius 1 is 1.36 bits per heavy atom. The number of cyclic esters (lactones) is 1. The highest BCUT2D eigenvalue weighted by Gasteiger charge is 2.47. The lowest BCUT2D eigenvalue weighted by Crippen LogP contribution is -2.49. The average molecular weight is 329 g/mol. The predicted molar refractivity (Wildman–Crippen MR) is 60.2 cm³/mol. The minimum atomic E-state index is -4.76. The van der Waals surface area contributed by atoms with Gasteiger partial charge >= 0.3 is 24.5 Å². The van der Waals surface area contributed by atoms with Crippen LogP contribution in [-0.4, -0.2) is 31.2 Å². The van der Waals surface area contributed by atoms with E-state index in [1.54, 1.807) is 0 Å². The zero-order chi connectivity index (χ0) is 16.5. The summed E-state index contributed by atoms with van der Waals surface area (Å²) in [6, 6.07) is 1.94. The maximum Gasteiger partial charge on any atom is 0.461 e. The third-order valence-corrected chi connectivity index (χ3v) is 2.78. The van der Waals surface area contributed by atoms with Crippen LogP contribution in [0.25, 0.3) is 0 Å². The van der Waals surface area contributed by atoms with Crippen molar-refractivity contribution in [1.82, 2.24) is 5.32 Å². The normalized spacial score (nSPS) is 21.2. The van der Waals surface area contributed by atoms with Crippen molar-refractivity contribution in [3.05, 3.63) is 29.8 Å². The van der Waals surface area contributed by atoms with E-state index >= 15 is 0 Å². The van der Waals surface area contributed by atoms with E-state index in [1.165, 1.54) is 0 Å². The molecule has 1 aliphatic heterocycles. The van der Waals surface area contributed by atoms with Gasteiger partial charge in [-0.3, -0.25) is 0 Å². The van der Waals surface area contributed by atoms with Crippen LogP contribution in [0.3, 0.4) is 0 Å². The number of alkyl carbamates (subject to hydrolysis) is 1. The number of benzene rings is 1. The molecule has 1 heterocycles. The Kier molecular flexibility index (Phi) is 4.12. The lowest BCUT2D eigenvalue weighted by Gasteiger charge is -2.32. The zero-order valence-corrected chi connectivity index (χ0v) is 10.7. The Balaban J connectivity index is 2.26. The van der Waals surface area contributed by atoms with Crippen molar-refractivity contribution in [3.8, 4) is 5.75 Å². The Morgan fingerprint density at radius 2 is 2.05 bits per heavy atom. The Hall–Kier alpha value is -2.13. The third-order valence-electron chi connectivity index (χ3n) is 2.78. The quantitative estimate of drug-likeness (QED) is 0.862. The summed E-state index contributed by atoms with van der Waals surface area (Å²) in [5.74, 6) is -4.24. The van der Waals surface area contributed by atoms with Gasteiger partial charge < -0.3 is 14.8 Å². The van der Waals surface area contributed by atoms with E-state index in [4.69, 9.17) is 0 Å². The summed E-state index contributed by atoms with van der Waals surface area (Å²) in [6.07, 6.45) is -9.96. The van der Waals surface area contributed by atoms with Gasteiger partial charge in [-0.05, 0) is 17.7 Å². The van der Waals surface area contributed by atoms with Crippen molar-refractivity contribution in [1.29, 1.82) is 0 Å². The number of ether oxygens (including phenoxy) is 2. The van der Waals surface area contributed by atoms with Gasteiger partial charge in [0.1, 0.15) is 11.8 Å². The molecule has 1 aliphatic rings. The zero-order valence-electron chi connectivity index (χ0n) is 10.7. The molecule has 122 valence electrons. The predicted octanol–water partition coefficient (Wildman–Crippen LogP) is 3.34. The molecule has 1 fully saturated rings. The number of alkyl halides is 6. The molecule has 0 saturated carbocycles. The summed E-state index contributed by atoms with van der Waals surface area (Å²) in [4.78, 5) is 11.0. The van der Waals surface area contributed by atoms with Gasteiger partial charge in [0.15, 0.2) is 6.61 Å². The van der Waals surface area contributed by atoms with Crippen molar-refractivity contribution in [2.75, 3.05) is 6.61 Å². The van der Waals surface area contributed by atoms with Crippen molar-refractivity contribution >= 4 is 6.09 Å². The van der Waals surface area contributed by atoms with Crippen LogP contribution in [0, 0.1) is 0 Å². The fraction of sp³-hybridized carbons (Fsp3) is 0.417. The minimum absolute atomic E-state index is 0.288. The van der Waals surface area contributed by atoms with Crippen LogP contribution in [-0.2, 0) is 4.74 Å². The van der Waals surface area contributed by atoms with E-state index in [1.807, 2.05) is 5.32 Å². The van der Waals surface area contributed by atoms with Gasteiger partial charge in [0, 0.05) is 0 Å². The average Bonchev–Trinajstić information content (AvgIpc) is 2.41. The van der Waals surface area contributed by atoms with Crippen LogP contribution in [0.4, 0.5) is 31.1 Å². The van der Waals surface area contributed by atoms with Gasteiger partial charge in [0.05, 0.1) is 0 Å². The number of nitrogens with one attached hydrogen (secondary N) is 1. The lowest BCUT2D eigenvalue weighted by molar-refractivity contribution is -0.253. The number of amides is 1. The SMILES string of the molecule is O=C1N[C@H](c2cccc(OC(F)(F)C(F)F)c2)C(F)(F)CO1. The Bertz CT molecular complexity index is 566. The molecule has 1 saturated heterocycles. The number of rotatable bonds is 4. The highest BCUT2D eigenvalue weighted by Crippen LogP contribution is 2.36. The molecule has 4 nitrogen and oxygen atoms in total. The molecule has 1 atom stereocenters. The molecular formula is C12H9F6NO3. The van der Waals surface area contributed by atoms with Crippen molar-refractivity contribution in [2.45, 2.75) is 24.5 Å². The van der Waals surface area contributed by atoms with Crippen LogP contribution < -0.4 is 10.1 Å². The van der Waals surface area contributed by atoms with Crippen LogP contribution in [0.2, 0.25) is 0 Å². The largest absolute Gasteiger partial charge is 0.461 e. The maximum absolute atomic E-state index is 13.7. The molecule has 0 aromatic heterocycles. The fourth-order valence-corrected chi connectivity index (χ4v) is 1.80. The Labute approximate surface area is 120 Å². The molecule has 10 heteroatoms. The van der Waals surface area contributed by atoms with Crippen molar-refractivity contribution < 1.29 is 40.6 Å². The first kappa shape index (κ1) is 16.2. The minimum Gasteiger partial charge on any atom is -0.443 e. The van der Waals surface area contributed by atoms with Gasteiger partial charge in [-0.2, -0.15) is 17.6 Å². The number of halogens is 6. The maximum atomic E-state index is 13.7. The van der Waals surface area contributed by atoms with Gasteiger partial charge in [-0.15, -0.1) is 0 Å². The number of hydrogen-bond donors (Lipinski definition) is 1. The molecular weight excluding hydrogens is 320 g/mol. The first-order chi connectivity index (χ1) is 10.1.